The summed E-state index contributed by atoms with van der Waals surface area (Å²) in [6.45, 7) is 7.28. The molecule has 12 heavy (non-hydrogen) atoms. The zero-order chi connectivity index (χ0) is 9.14. The number of carbonyl (C=O) groups excluding carboxylic acids is 1. The van der Waals surface area contributed by atoms with E-state index in [1.807, 2.05) is 31.2 Å². The standard InChI is InChI=1S/C11H12O/c1-8(2)11(12)10-7-5-4-6-9(10)3/h4-7H,1H2,2-3H3. The van der Waals surface area contributed by atoms with Crippen LogP contribution in [0.5, 0.6) is 0 Å². The molecule has 0 spiro atoms. The lowest BCUT2D eigenvalue weighted by Gasteiger charge is -2.02. The van der Waals surface area contributed by atoms with Gasteiger partial charge in [-0.05, 0) is 25.0 Å². The van der Waals surface area contributed by atoms with Crippen molar-refractivity contribution in [2.45, 2.75) is 13.8 Å². The molecule has 1 heteroatoms. The molecule has 0 amide bonds. The number of Topliss-reactive ketones (excluding diaryl/α,β-unsaturated/α-hetero) is 1. The fourth-order valence-corrected chi connectivity index (χ4v) is 1.06. The van der Waals surface area contributed by atoms with Gasteiger partial charge in [-0.2, -0.15) is 0 Å². The van der Waals surface area contributed by atoms with Gasteiger partial charge in [0.2, 0.25) is 0 Å². The second-order valence-corrected chi connectivity index (χ2v) is 2.92. The largest absolute Gasteiger partial charge is 0.289 e. The van der Waals surface area contributed by atoms with Crippen molar-refractivity contribution in [3.63, 3.8) is 0 Å². The molecule has 1 aromatic carbocycles. The summed E-state index contributed by atoms with van der Waals surface area (Å²) < 4.78 is 0. The number of aryl methyl sites for hydroxylation is 1. The molecule has 1 nitrogen and oxygen atoms in total. The maximum absolute atomic E-state index is 11.5. The van der Waals surface area contributed by atoms with Crippen molar-refractivity contribution < 1.29 is 4.79 Å². The van der Waals surface area contributed by atoms with Crippen LogP contribution in [0.15, 0.2) is 36.4 Å². The fraction of sp³-hybridized carbons (Fsp3) is 0.182. The molecule has 62 valence electrons. The van der Waals surface area contributed by atoms with Crippen molar-refractivity contribution in [2.75, 3.05) is 0 Å². The summed E-state index contributed by atoms with van der Waals surface area (Å²) in [4.78, 5) is 11.5. The van der Waals surface area contributed by atoms with Gasteiger partial charge in [0.1, 0.15) is 0 Å². The van der Waals surface area contributed by atoms with Crippen LogP contribution >= 0.6 is 0 Å². The van der Waals surface area contributed by atoms with Crippen LogP contribution in [-0.2, 0) is 0 Å². The highest BCUT2D eigenvalue weighted by Gasteiger charge is 2.07. The molecule has 0 aliphatic rings. The molecule has 0 N–H and O–H groups in total. The maximum atomic E-state index is 11.5. The molecular formula is C11H12O. The Balaban J connectivity index is 3.11. The van der Waals surface area contributed by atoms with Crippen molar-refractivity contribution >= 4 is 5.78 Å². The molecule has 1 aromatic rings. The average Bonchev–Trinajstić information content (AvgIpc) is 2.04. The van der Waals surface area contributed by atoms with Crippen LogP contribution in [0.25, 0.3) is 0 Å². The number of hydrogen-bond acceptors (Lipinski definition) is 1. The first-order valence-electron chi connectivity index (χ1n) is 3.89. The third-order valence-corrected chi connectivity index (χ3v) is 1.78. The first kappa shape index (κ1) is 8.72. The Labute approximate surface area is 72.7 Å². The zero-order valence-electron chi connectivity index (χ0n) is 7.42. The lowest BCUT2D eigenvalue weighted by molar-refractivity contribution is 0.103. The van der Waals surface area contributed by atoms with Gasteiger partial charge in [0.05, 0.1) is 0 Å². The summed E-state index contributed by atoms with van der Waals surface area (Å²) in [7, 11) is 0. The van der Waals surface area contributed by atoms with Gasteiger partial charge in [0, 0.05) is 5.56 Å². The predicted molar refractivity (Wildman–Crippen MR) is 50.3 cm³/mol. The van der Waals surface area contributed by atoms with E-state index < -0.39 is 0 Å². The predicted octanol–water partition coefficient (Wildman–Crippen LogP) is 2.75. The van der Waals surface area contributed by atoms with E-state index in [2.05, 4.69) is 6.58 Å². The van der Waals surface area contributed by atoms with E-state index in [1.165, 1.54) is 0 Å². The third-order valence-electron chi connectivity index (χ3n) is 1.78. The van der Waals surface area contributed by atoms with E-state index in [9.17, 15) is 4.79 Å². The van der Waals surface area contributed by atoms with E-state index in [0.29, 0.717) is 5.57 Å². The van der Waals surface area contributed by atoms with E-state index in [1.54, 1.807) is 6.92 Å². The highest BCUT2D eigenvalue weighted by Crippen LogP contribution is 2.11. The Kier molecular flexibility index (Phi) is 2.44. The zero-order valence-corrected chi connectivity index (χ0v) is 7.42. The number of benzene rings is 1. The van der Waals surface area contributed by atoms with Gasteiger partial charge >= 0.3 is 0 Å². The average molecular weight is 160 g/mol. The molecule has 0 aromatic heterocycles. The van der Waals surface area contributed by atoms with E-state index >= 15 is 0 Å². The fourth-order valence-electron chi connectivity index (χ4n) is 1.06. The van der Waals surface area contributed by atoms with Gasteiger partial charge in [-0.3, -0.25) is 4.79 Å². The van der Waals surface area contributed by atoms with Gasteiger partial charge < -0.3 is 0 Å². The lowest BCUT2D eigenvalue weighted by Crippen LogP contribution is -2.01. The number of carbonyl (C=O) groups is 1. The highest BCUT2D eigenvalue weighted by atomic mass is 16.1. The summed E-state index contributed by atoms with van der Waals surface area (Å²) >= 11 is 0. The molecule has 0 atom stereocenters. The van der Waals surface area contributed by atoms with E-state index in [4.69, 9.17) is 0 Å². The molecule has 0 fully saturated rings. The molecule has 0 aliphatic carbocycles. The molecule has 0 unspecified atom stereocenters. The Hall–Kier alpha value is -1.37. The van der Waals surface area contributed by atoms with Crippen LogP contribution in [0, 0.1) is 6.92 Å². The molecule has 0 saturated carbocycles. The molecule has 0 radical (unpaired) electrons. The van der Waals surface area contributed by atoms with Crippen LogP contribution in [0.4, 0.5) is 0 Å². The minimum atomic E-state index is 0.0353. The third kappa shape index (κ3) is 1.62. The van der Waals surface area contributed by atoms with Crippen LogP contribution < -0.4 is 0 Å². The van der Waals surface area contributed by atoms with E-state index in [-0.39, 0.29) is 5.78 Å². The molecule has 0 saturated heterocycles. The van der Waals surface area contributed by atoms with Gasteiger partial charge in [-0.25, -0.2) is 0 Å². The Morgan fingerprint density at radius 2 is 1.92 bits per heavy atom. The molecule has 1 rings (SSSR count). The normalized spacial score (nSPS) is 9.50. The van der Waals surface area contributed by atoms with Gasteiger partial charge in [-0.15, -0.1) is 0 Å². The maximum Gasteiger partial charge on any atom is 0.188 e. The van der Waals surface area contributed by atoms with Crippen molar-refractivity contribution in [3.8, 4) is 0 Å². The summed E-state index contributed by atoms with van der Waals surface area (Å²) in [6.07, 6.45) is 0. The number of rotatable bonds is 2. The monoisotopic (exact) mass is 160 g/mol. The summed E-state index contributed by atoms with van der Waals surface area (Å²) in [5, 5.41) is 0. The highest BCUT2D eigenvalue weighted by molar-refractivity contribution is 6.08. The quantitative estimate of drug-likeness (QED) is 0.480. The summed E-state index contributed by atoms with van der Waals surface area (Å²) in [5.41, 5.74) is 2.35. The van der Waals surface area contributed by atoms with Crippen LogP contribution in [-0.4, -0.2) is 5.78 Å². The second-order valence-electron chi connectivity index (χ2n) is 2.92. The lowest BCUT2D eigenvalue weighted by atomic mass is 10.0. The molecule has 0 bridgehead atoms. The number of allylic oxidation sites excluding steroid dienone is 1. The molecule has 0 aliphatic heterocycles. The first-order chi connectivity index (χ1) is 5.63. The van der Waals surface area contributed by atoms with E-state index in [0.717, 1.165) is 11.1 Å². The Bertz CT molecular complexity index is 324. The van der Waals surface area contributed by atoms with Crippen molar-refractivity contribution in [3.05, 3.63) is 47.5 Å². The second kappa shape index (κ2) is 3.35. The van der Waals surface area contributed by atoms with Crippen LogP contribution in [0.2, 0.25) is 0 Å². The smallest absolute Gasteiger partial charge is 0.188 e. The first-order valence-corrected chi connectivity index (χ1v) is 3.89. The Morgan fingerprint density at radius 1 is 1.33 bits per heavy atom. The SMILES string of the molecule is C=C(C)C(=O)c1ccccc1C. The van der Waals surface area contributed by atoms with Gasteiger partial charge in [-0.1, -0.05) is 30.8 Å². The van der Waals surface area contributed by atoms with Crippen molar-refractivity contribution in [1.82, 2.24) is 0 Å². The van der Waals surface area contributed by atoms with Crippen LogP contribution in [0.1, 0.15) is 22.8 Å². The van der Waals surface area contributed by atoms with Crippen LogP contribution in [0.3, 0.4) is 0 Å². The van der Waals surface area contributed by atoms with Crippen molar-refractivity contribution in [2.24, 2.45) is 0 Å². The Morgan fingerprint density at radius 3 is 2.42 bits per heavy atom. The summed E-state index contributed by atoms with van der Waals surface area (Å²) in [5.74, 6) is 0.0353. The molecule has 0 heterocycles. The van der Waals surface area contributed by atoms with Gasteiger partial charge in [0.15, 0.2) is 5.78 Å². The number of hydrogen-bond donors (Lipinski definition) is 0. The van der Waals surface area contributed by atoms with Gasteiger partial charge in [0.25, 0.3) is 0 Å². The van der Waals surface area contributed by atoms with Crippen molar-refractivity contribution in [1.29, 1.82) is 0 Å². The topological polar surface area (TPSA) is 17.1 Å². The summed E-state index contributed by atoms with van der Waals surface area (Å²) in [6, 6.07) is 7.54. The minimum absolute atomic E-state index is 0.0353. The molecular weight excluding hydrogens is 148 g/mol. The minimum Gasteiger partial charge on any atom is -0.289 e. The number of ketones is 1.